The van der Waals surface area contributed by atoms with Gasteiger partial charge >= 0.3 is 0 Å². The molecule has 0 aliphatic carbocycles. The number of benzene rings is 1. The summed E-state index contributed by atoms with van der Waals surface area (Å²) in [5.41, 5.74) is 1.74. The van der Waals surface area contributed by atoms with E-state index in [0.717, 1.165) is 12.0 Å². The molecule has 0 fully saturated rings. The minimum atomic E-state index is 0.00381. The SMILES string of the molecule is CCCCCCC(C)NC(=O)c1ccc(CCl)cc1. The third-order valence-electron chi connectivity index (χ3n) is 3.24. The zero-order chi connectivity index (χ0) is 14.1. The molecule has 0 spiro atoms. The van der Waals surface area contributed by atoms with Crippen LogP contribution in [0.1, 0.15) is 61.9 Å². The Morgan fingerprint density at radius 2 is 1.89 bits per heavy atom. The molecule has 0 heterocycles. The van der Waals surface area contributed by atoms with Crippen molar-refractivity contribution < 1.29 is 4.79 Å². The van der Waals surface area contributed by atoms with E-state index in [-0.39, 0.29) is 11.9 Å². The fourth-order valence-electron chi connectivity index (χ4n) is 2.00. The Bertz CT molecular complexity index is 375. The molecule has 1 rings (SSSR count). The van der Waals surface area contributed by atoms with Gasteiger partial charge in [-0.2, -0.15) is 0 Å². The number of amides is 1. The summed E-state index contributed by atoms with van der Waals surface area (Å²) in [7, 11) is 0. The van der Waals surface area contributed by atoms with Crippen molar-refractivity contribution in [2.75, 3.05) is 0 Å². The number of hydrogen-bond donors (Lipinski definition) is 1. The van der Waals surface area contributed by atoms with Gasteiger partial charge in [-0.25, -0.2) is 0 Å². The monoisotopic (exact) mass is 281 g/mol. The lowest BCUT2D eigenvalue weighted by atomic mass is 10.1. The van der Waals surface area contributed by atoms with Crippen LogP contribution >= 0.6 is 11.6 Å². The molecule has 1 unspecified atom stereocenters. The van der Waals surface area contributed by atoms with Crippen molar-refractivity contribution in [3.05, 3.63) is 35.4 Å². The van der Waals surface area contributed by atoms with Crippen LogP contribution in [0.5, 0.6) is 0 Å². The average Bonchev–Trinajstić information content (AvgIpc) is 2.43. The number of hydrogen-bond acceptors (Lipinski definition) is 1. The van der Waals surface area contributed by atoms with E-state index in [9.17, 15) is 4.79 Å². The third-order valence-corrected chi connectivity index (χ3v) is 3.55. The molecule has 0 aliphatic rings. The van der Waals surface area contributed by atoms with Gasteiger partial charge in [0.2, 0.25) is 0 Å². The molecule has 3 heteroatoms. The largest absolute Gasteiger partial charge is 0.350 e. The van der Waals surface area contributed by atoms with Gasteiger partial charge in [0, 0.05) is 17.5 Å². The molecule has 19 heavy (non-hydrogen) atoms. The zero-order valence-corrected chi connectivity index (χ0v) is 12.7. The lowest BCUT2D eigenvalue weighted by Crippen LogP contribution is -2.32. The highest BCUT2D eigenvalue weighted by molar-refractivity contribution is 6.17. The van der Waals surface area contributed by atoms with E-state index < -0.39 is 0 Å². The number of alkyl halides is 1. The van der Waals surface area contributed by atoms with E-state index >= 15 is 0 Å². The standard InChI is InChI=1S/C16H24ClNO/c1-3-4-5-6-7-13(2)18-16(19)15-10-8-14(12-17)9-11-15/h8-11,13H,3-7,12H2,1-2H3,(H,18,19). The van der Waals surface area contributed by atoms with E-state index in [0.29, 0.717) is 11.4 Å². The molecule has 0 bridgehead atoms. The van der Waals surface area contributed by atoms with Crippen molar-refractivity contribution in [2.24, 2.45) is 0 Å². The summed E-state index contributed by atoms with van der Waals surface area (Å²) in [6.45, 7) is 4.27. The maximum Gasteiger partial charge on any atom is 0.251 e. The second-order valence-electron chi connectivity index (χ2n) is 5.05. The number of rotatable bonds is 8. The lowest BCUT2D eigenvalue weighted by Gasteiger charge is -2.13. The summed E-state index contributed by atoms with van der Waals surface area (Å²) >= 11 is 5.73. The lowest BCUT2D eigenvalue weighted by molar-refractivity contribution is 0.0938. The van der Waals surface area contributed by atoms with Gasteiger partial charge in [0.1, 0.15) is 0 Å². The second kappa shape index (κ2) is 8.98. The van der Waals surface area contributed by atoms with E-state index in [4.69, 9.17) is 11.6 Å². The summed E-state index contributed by atoms with van der Waals surface area (Å²) < 4.78 is 0. The summed E-state index contributed by atoms with van der Waals surface area (Å²) in [5.74, 6) is 0.486. The Labute approximate surface area is 121 Å². The number of carbonyl (C=O) groups excluding carboxylic acids is 1. The minimum Gasteiger partial charge on any atom is -0.350 e. The second-order valence-corrected chi connectivity index (χ2v) is 5.32. The minimum absolute atomic E-state index is 0.00381. The Morgan fingerprint density at radius 3 is 2.47 bits per heavy atom. The molecule has 1 amide bonds. The highest BCUT2D eigenvalue weighted by Crippen LogP contribution is 2.09. The predicted molar refractivity (Wildman–Crippen MR) is 81.7 cm³/mol. The molecule has 0 radical (unpaired) electrons. The van der Waals surface area contributed by atoms with Crippen molar-refractivity contribution in [1.82, 2.24) is 5.32 Å². The van der Waals surface area contributed by atoms with Crippen LogP contribution in [0, 0.1) is 0 Å². The van der Waals surface area contributed by atoms with Gasteiger partial charge < -0.3 is 5.32 Å². The van der Waals surface area contributed by atoms with E-state index in [1.165, 1.54) is 25.7 Å². The van der Waals surface area contributed by atoms with Crippen LogP contribution in [0.25, 0.3) is 0 Å². The fourth-order valence-corrected chi connectivity index (χ4v) is 2.18. The van der Waals surface area contributed by atoms with Crippen molar-refractivity contribution in [3.63, 3.8) is 0 Å². The molecule has 1 N–H and O–H groups in total. The maximum atomic E-state index is 12.0. The molecule has 0 aromatic heterocycles. The first-order valence-electron chi connectivity index (χ1n) is 7.13. The molecule has 106 valence electrons. The van der Waals surface area contributed by atoms with Gasteiger partial charge in [-0.1, -0.05) is 44.7 Å². The molecular formula is C16H24ClNO. The van der Waals surface area contributed by atoms with Gasteiger partial charge in [0.15, 0.2) is 0 Å². The van der Waals surface area contributed by atoms with Crippen molar-refractivity contribution in [1.29, 1.82) is 0 Å². The van der Waals surface area contributed by atoms with E-state index in [2.05, 4.69) is 19.2 Å². The number of halogens is 1. The topological polar surface area (TPSA) is 29.1 Å². The van der Waals surface area contributed by atoms with Crippen LogP contribution in [-0.4, -0.2) is 11.9 Å². The van der Waals surface area contributed by atoms with E-state index in [1.807, 2.05) is 24.3 Å². The first-order valence-corrected chi connectivity index (χ1v) is 7.66. The first kappa shape index (κ1) is 16.0. The maximum absolute atomic E-state index is 12.0. The Hall–Kier alpha value is -1.02. The van der Waals surface area contributed by atoms with E-state index in [1.54, 1.807) is 0 Å². The van der Waals surface area contributed by atoms with Crippen molar-refractivity contribution in [2.45, 2.75) is 57.9 Å². The molecule has 0 saturated heterocycles. The molecule has 1 aromatic rings. The Balaban J connectivity index is 2.36. The highest BCUT2D eigenvalue weighted by atomic mass is 35.5. The fraction of sp³-hybridized carbons (Fsp3) is 0.562. The van der Waals surface area contributed by atoms with Crippen molar-refractivity contribution >= 4 is 17.5 Å². The molecule has 1 aromatic carbocycles. The van der Waals surface area contributed by atoms with Crippen LogP contribution in [0.2, 0.25) is 0 Å². The summed E-state index contributed by atoms with van der Waals surface area (Å²) in [6, 6.07) is 7.69. The average molecular weight is 282 g/mol. The zero-order valence-electron chi connectivity index (χ0n) is 11.9. The Morgan fingerprint density at radius 1 is 1.21 bits per heavy atom. The molecule has 0 aliphatic heterocycles. The predicted octanol–water partition coefficient (Wildman–Crippen LogP) is 4.51. The molecule has 2 nitrogen and oxygen atoms in total. The molecule has 1 atom stereocenters. The van der Waals surface area contributed by atoms with Crippen LogP contribution in [-0.2, 0) is 5.88 Å². The number of carbonyl (C=O) groups is 1. The first-order chi connectivity index (χ1) is 9.17. The van der Waals surface area contributed by atoms with Crippen LogP contribution in [0.4, 0.5) is 0 Å². The summed E-state index contributed by atoms with van der Waals surface area (Å²) in [4.78, 5) is 12.0. The van der Waals surface area contributed by atoms with Gasteiger partial charge in [0.25, 0.3) is 5.91 Å². The quantitative estimate of drug-likeness (QED) is 0.551. The smallest absolute Gasteiger partial charge is 0.251 e. The van der Waals surface area contributed by atoms with Gasteiger partial charge in [0.05, 0.1) is 0 Å². The third kappa shape index (κ3) is 6.11. The number of unbranched alkanes of at least 4 members (excludes halogenated alkanes) is 3. The van der Waals surface area contributed by atoms with Crippen molar-refractivity contribution in [3.8, 4) is 0 Å². The van der Waals surface area contributed by atoms with Gasteiger partial charge in [-0.05, 0) is 31.0 Å². The molecular weight excluding hydrogens is 258 g/mol. The summed E-state index contributed by atoms with van der Waals surface area (Å²) in [5, 5.41) is 3.04. The summed E-state index contributed by atoms with van der Waals surface area (Å²) in [6.07, 6.45) is 6.00. The van der Waals surface area contributed by atoms with Crippen LogP contribution in [0.3, 0.4) is 0 Å². The normalized spacial score (nSPS) is 12.2. The number of nitrogens with one attached hydrogen (secondary N) is 1. The molecule has 0 saturated carbocycles. The van der Waals surface area contributed by atoms with Crippen LogP contribution in [0.15, 0.2) is 24.3 Å². The van der Waals surface area contributed by atoms with Crippen LogP contribution < -0.4 is 5.32 Å². The Kier molecular flexibility index (Phi) is 7.57. The van der Waals surface area contributed by atoms with Gasteiger partial charge in [-0.15, -0.1) is 11.6 Å². The van der Waals surface area contributed by atoms with Gasteiger partial charge in [-0.3, -0.25) is 4.79 Å². The highest BCUT2D eigenvalue weighted by Gasteiger charge is 2.09.